The van der Waals surface area contributed by atoms with Gasteiger partial charge in [-0.25, -0.2) is 9.18 Å². The van der Waals surface area contributed by atoms with Crippen molar-refractivity contribution in [2.45, 2.75) is 18.9 Å². The predicted octanol–water partition coefficient (Wildman–Crippen LogP) is 3.76. The van der Waals surface area contributed by atoms with Crippen LogP contribution in [0.4, 0.5) is 14.9 Å². The van der Waals surface area contributed by atoms with Crippen molar-refractivity contribution in [1.82, 2.24) is 20.4 Å². The van der Waals surface area contributed by atoms with Crippen LogP contribution in [0.2, 0.25) is 10.0 Å². The zero-order valence-electron chi connectivity index (χ0n) is 18.4. The van der Waals surface area contributed by atoms with Crippen molar-refractivity contribution in [1.29, 1.82) is 0 Å². The SMILES string of the molecule is N/C=C(/COC(=O)N1CCC(NC(=O)c2[nH]ncc2NC(=O)c2c(Cl)cccc2Cl)CC1)SCF. The van der Waals surface area contributed by atoms with Crippen molar-refractivity contribution < 1.29 is 23.5 Å². The van der Waals surface area contributed by atoms with Crippen LogP contribution in [0.25, 0.3) is 0 Å². The van der Waals surface area contributed by atoms with Crippen LogP contribution in [0, 0.1) is 0 Å². The second kappa shape index (κ2) is 12.7. The van der Waals surface area contributed by atoms with Crippen molar-refractivity contribution in [3.8, 4) is 0 Å². The van der Waals surface area contributed by atoms with Gasteiger partial charge in [-0.2, -0.15) is 5.10 Å². The standard InChI is InChI=1S/C21H23Cl2FN6O4S/c22-14-2-1-3-15(23)17(14)19(31)28-16-9-26-29-18(16)20(32)27-12-4-6-30(7-5-12)21(33)34-10-13(8-25)35-11-24/h1-3,8-9,12H,4-7,10-11,25H2,(H,26,29)(H,27,32)(H,28,31)/b13-8-. The second-order valence-electron chi connectivity index (χ2n) is 7.39. The largest absolute Gasteiger partial charge is 0.444 e. The first-order chi connectivity index (χ1) is 16.8. The molecule has 2 heterocycles. The number of likely N-dealkylation sites (tertiary alicyclic amines) is 1. The van der Waals surface area contributed by atoms with Gasteiger partial charge in [0.2, 0.25) is 0 Å². The normalized spacial score (nSPS) is 14.5. The van der Waals surface area contributed by atoms with Crippen LogP contribution in [-0.2, 0) is 4.74 Å². The average Bonchev–Trinajstić information content (AvgIpc) is 3.30. The lowest BCUT2D eigenvalue weighted by Gasteiger charge is -2.31. The number of aromatic nitrogens is 2. The summed E-state index contributed by atoms with van der Waals surface area (Å²) in [6.07, 6.45) is 2.95. The number of alkyl halides is 1. The highest BCUT2D eigenvalue weighted by molar-refractivity contribution is 8.02. The average molecular weight is 545 g/mol. The van der Waals surface area contributed by atoms with E-state index in [2.05, 4.69) is 20.8 Å². The first-order valence-electron chi connectivity index (χ1n) is 10.4. The van der Waals surface area contributed by atoms with E-state index >= 15 is 0 Å². The minimum Gasteiger partial charge on any atom is -0.444 e. The zero-order valence-corrected chi connectivity index (χ0v) is 20.7. The van der Waals surface area contributed by atoms with E-state index in [9.17, 15) is 18.8 Å². The number of nitrogens with one attached hydrogen (secondary N) is 3. The lowest BCUT2D eigenvalue weighted by molar-refractivity contribution is 0.0869. The molecule has 35 heavy (non-hydrogen) atoms. The molecule has 0 spiro atoms. The summed E-state index contributed by atoms with van der Waals surface area (Å²) in [6.45, 7) is 0.618. The molecule has 1 saturated heterocycles. The third-order valence-electron chi connectivity index (χ3n) is 5.16. The number of nitrogens with zero attached hydrogens (tertiary/aromatic N) is 2. The molecule has 0 aliphatic carbocycles. The minimum absolute atomic E-state index is 0.0647. The highest BCUT2D eigenvalue weighted by Crippen LogP contribution is 2.26. The first kappa shape index (κ1) is 26.6. The Labute approximate surface area is 214 Å². The number of piperidine rings is 1. The smallest absolute Gasteiger partial charge is 0.410 e. The summed E-state index contributed by atoms with van der Waals surface area (Å²) in [5, 5.41) is 12.2. The Hall–Kier alpha value is -2.96. The Morgan fingerprint density at radius 1 is 1.26 bits per heavy atom. The second-order valence-corrected chi connectivity index (χ2v) is 9.23. The molecular formula is C21H23Cl2FN6O4S. The topological polar surface area (TPSA) is 142 Å². The molecule has 3 rings (SSSR count). The van der Waals surface area contributed by atoms with E-state index in [0.717, 1.165) is 11.8 Å². The Morgan fingerprint density at radius 3 is 2.57 bits per heavy atom. The fraction of sp³-hybridized carbons (Fsp3) is 0.333. The lowest BCUT2D eigenvalue weighted by atomic mass is 10.1. The van der Waals surface area contributed by atoms with Crippen LogP contribution in [0.1, 0.15) is 33.7 Å². The molecule has 14 heteroatoms. The number of ether oxygens (including phenoxy) is 1. The van der Waals surface area contributed by atoms with Gasteiger partial charge in [0.15, 0.2) is 0 Å². The molecule has 10 nitrogen and oxygen atoms in total. The number of nitrogens with two attached hydrogens (primary N) is 1. The summed E-state index contributed by atoms with van der Waals surface area (Å²) in [5.41, 5.74) is 5.69. The van der Waals surface area contributed by atoms with E-state index in [1.165, 1.54) is 29.4 Å². The molecule has 188 valence electrons. The fourth-order valence-electron chi connectivity index (χ4n) is 3.35. The maximum Gasteiger partial charge on any atom is 0.410 e. The lowest BCUT2D eigenvalue weighted by Crippen LogP contribution is -2.47. The molecule has 1 aromatic heterocycles. The third-order valence-corrected chi connectivity index (χ3v) is 6.52. The van der Waals surface area contributed by atoms with Gasteiger partial charge < -0.3 is 26.0 Å². The molecular weight excluding hydrogens is 522 g/mol. The molecule has 1 aromatic carbocycles. The van der Waals surface area contributed by atoms with E-state index in [4.69, 9.17) is 33.7 Å². The van der Waals surface area contributed by atoms with Gasteiger partial charge in [0, 0.05) is 30.2 Å². The van der Waals surface area contributed by atoms with Gasteiger partial charge in [-0.3, -0.25) is 14.7 Å². The Kier molecular flexibility index (Phi) is 9.64. The fourth-order valence-corrected chi connectivity index (χ4v) is 4.30. The molecule has 0 atom stereocenters. The molecule has 0 radical (unpaired) electrons. The van der Waals surface area contributed by atoms with Crippen molar-refractivity contribution in [3.05, 3.63) is 56.8 Å². The van der Waals surface area contributed by atoms with E-state index in [-0.39, 0.29) is 39.6 Å². The molecule has 0 bridgehead atoms. The monoisotopic (exact) mass is 544 g/mol. The maximum absolute atomic E-state index is 12.8. The van der Waals surface area contributed by atoms with Crippen LogP contribution >= 0.6 is 35.0 Å². The number of hydrogen-bond donors (Lipinski definition) is 4. The van der Waals surface area contributed by atoms with E-state index in [1.54, 1.807) is 6.07 Å². The van der Waals surface area contributed by atoms with Crippen LogP contribution in [0.15, 0.2) is 35.5 Å². The Morgan fingerprint density at radius 2 is 1.94 bits per heavy atom. The number of hydrogen-bond acceptors (Lipinski definition) is 7. The molecule has 1 aliphatic rings. The Bertz CT molecular complexity index is 1090. The number of thioether (sulfide) groups is 1. The molecule has 0 saturated carbocycles. The van der Waals surface area contributed by atoms with Gasteiger partial charge in [0.25, 0.3) is 11.8 Å². The van der Waals surface area contributed by atoms with Crippen LogP contribution < -0.4 is 16.4 Å². The number of aromatic amines is 1. The number of amides is 3. The van der Waals surface area contributed by atoms with Crippen molar-refractivity contribution in [2.24, 2.45) is 5.73 Å². The quantitative estimate of drug-likeness (QED) is 0.396. The maximum atomic E-state index is 12.8. The highest BCUT2D eigenvalue weighted by atomic mass is 35.5. The molecule has 0 unspecified atom stereocenters. The minimum atomic E-state index is -0.666. The van der Waals surface area contributed by atoms with Crippen LogP contribution in [0.5, 0.6) is 0 Å². The summed E-state index contributed by atoms with van der Waals surface area (Å²) in [6, 6.07) is 3.80. The van der Waals surface area contributed by atoms with Gasteiger partial charge in [-0.1, -0.05) is 41.0 Å². The number of carbonyl (C=O) groups excluding carboxylic acids is 3. The first-order valence-corrected chi connectivity index (χ1v) is 12.2. The van der Waals surface area contributed by atoms with Gasteiger partial charge in [0.05, 0.1) is 27.5 Å². The number of H-pyrrole nitrogens is 1. The number of benzene rings is 1. The van der Waals surface area contributed by atoms with Gasteiger partial charge >= 0.3 is 6.09 Å². The molecule has 5 N–H and O–H groups in total. The summed E-state index contributed by atoms with van der Waals surface area (Å²) in [5.74, 6) is -1.05. The summed E-state index contributed by atoms with van der Waals surface area (Å²) < 4.78 is 17.6. The van der Waals surface area contributed by atoms with E-state index < -0.39 is 23.9 Å². The molecule has 2 aromatic rings. The molecule has 1 aliphatic heterocycles. The zero-order chi connectivity index (χ0) is 25.4. The van der Waals surface area contributed by atoms with Crippen molar-refractivity contribution in [2.75, 3.05) is 31.0 Å². The number of rotatable bonds is 8. The Balaban J connectivity index is 1.52. The summed E-state index contributed by atoms with van der Waals surface area (Å²) >= 11 is 13.0. The third kappa shape index (κ3) is 7.03. The number of halogens is 3. The predicted molar refractivity (Wildman–Crippen MR) is 132 cm³/mol. The number of carbonyl (C=O) groups is 3. The van der Waals surface area contributed by atoms with Gasteiger partial charge in [-0.15, -0.1) is 0 Å². The van der Waals surface area contributed by atoms with Crippen molar-refractivity contribution >= 4 is 58.6 Å². The van der Waals surface area contributed by atoms with E-state index in [0.29, 0.717) is 30.8 Å². The number of anilines is 1. The van der Waals surface area contributed by atoms with E-state index in [1.807, 2.05) is 0 Å². The van der Waals surface area contributed by atoms with Gasteiger partial charge in [-0.05, 0) is 25.0 Å². The summed E-state index contributed by atoms with van der Waals surface area (Å²) in [7, 11) is 0. The molecule has 1 fully saturated rings. The molecule has 3 amide bonds. The van der Waals surface area contributed by atoms with Crippen molar-refractivity contribution in [3.63, 3.8) is 0 Å². The highest BCUT2D eigenvalue weighted by Gasteiger charge is 2.27. The van der Waals surface area contributed by atoms with Crippen LogP contribution in [-0.4, -0.2) is 64.7 Å². The van der Waals surface area contributed by atoms with Gasteiger partial charge in [0.1, 0.15) is 18.3 Å². The summed E-state index contributed by atoms with van der Waals surface area (Å²) in [4.78, 5) is 39.6. The van der Waals surface area contributed by atoms with Crippen LogP contribution in [0.3, 0.4) is 0 Å².